The molecular formula is C7H12O4. The lowest BCUT2D eigenvalue weighted by Gasteiger charge is -1.91. The first-order valence-corrected chi connectivity index (χ1v) is 3.72. The van der Waals surface area contributed by atoms with E-state index in [-0.39, 0.29) is 25.2 Å². The van der Waals surface area contributed by atoms with Crippen LogP contribution in [0.4, 0.5) is 0 Å². The molecule has 1 rings (SSSR count). The largest absolute Gasteiger partial charge is 0.481 e. The van der Waals surface area contributed by atoms with Crippen LogP contribution in [0.2, 0.25) is 0 Å². The normalized spacial score (nSPS) is 28.5. The highest BCUT2D eigenvalue weighted by Crippen LogP contribution is 2.26. The zero-order chi connectivity index (χ0) is 8.27. The Labute approximate surface area is 64.8 Å². The number of hydrogen-bond acceptors (Lipinski definition) is 3. The van der Waals surface area contributed by atoms with Gasteiger partial charge in [-0.3, -0.25) is 4.79 Å². The van der Waals surface area contributed by atoms with Crippen LogP contribution in [-0.2, 0) is 9.53 Å². The van der Waals surface area contributed by atoms with Gasteiger partial charge in [-0.25, -0.2) is 0 Å². The molecule has 0 saturated carbocycles. The summed E-state index contributed by atoms with van der Waals surface area (Å²) in [6.45, 7) is 0.0533. The number of hydrogen-bond donors (Lipinski definition) is 2. The van der Waals surface area contributed by atoms with Gasteiger partial charge in [0, 0.05) is 6.42 Å². The van der Waals surface area contributed by atoms with Crippen molar-refractivity contribution in [1.29, 1.82) is 0 Å². The molecule has 1 saturated heterocycles. The van der Waals surface area contributed by atoms with E-state index in [9.17, 15) is 4.79 Å². The van der Waals surface area contributed by atoms with Crippen molar-refractivity contribution in [2.45, 2.75) is 31.5 Å². The van der Waals surface area contributed by atoms with Crippen LogP contribution in [0.3, 0.4) is 0 Å². The Hall–Kier alpha value is -0.610. The summed E-state index contributed by atoms with van der Waals surface area (Å²) in [7, 11) is 0. The van der Waals surface area contributed by atoms with E-state index in [0.717, 1.165) is 6.42 Å². The summed E-state index contributed by atoms with van der Waals surface area (Å²) >= 11 is 0. The lowest BCUT2D eigenvalue weighted by molar-refractivity contribution is -0.137. The van der Waals surface area contributed by atoms with Gasteiger partial charge in [-0.2, -0.15) is 0 Å². The van der Waals surface area contributed by atoms with Crippen molar-refractivity contribution in [3.8, 4) is 0 Å². The molecule has 2 atom stereocenters. The molecule has 1 fully saturated rings. The van der Waals surface area contributed by atoms with E-state index in [4.69, 9.17) is 14.9 Å². The van der Waals surface area contributed by atoms with E-state index in [1.165, 1.54) is 0 Å². The fourth-order valence-corrected chi connectivity index (χ4v) is 1.05. The van der Waals surface area contributed by atoms with Crippen LogP contribution >= 0.6 is 0 Å². The van der Waals surface area contributed by atoms with Gasteiger partial charge >= 0.3 is 5.97 Å². The minimum Gasteiger partial charge on any atom is -0.481 e. The van der Waals surface area contributed by atoms with E-state index in [2.05, 4.69) is 0 Å². The third-order valence-electron chi connectivity index (χ3n) is 1.75. The fraction of sp³-hybridized carbons (Fsp3) is 0.857. The van der Waals surface area contributed by atoms with Gasteiger partial charge in [-0.15, -0.1) is 0 Å². The second-order valence-electron chi connectivity index (χ2n) is 2.68. The summed E-state index contributed by atoms with van der Waals surface area (Å²) in [5.41, 5.74) is 0. The average molecular weight is 160 g/mol. The molecule has 4 heteroatoms. The van der Waals surface area contributed by atoms with Crippen molar-refractivity contribution in [3.63, 3.8) is 0 Å². The van der Waals surface area contributed by atoms with Crippen LogP contribution in [-0.4, -0.2) is 35.0 Å². The number of epoxide rings is 1. The van der Waals surface area contributed by atoms with Crippen LogP contribution in [0.25, 0.3) is 0 Å². The van der Waals surface area contributed by atoms with Crippen molar-refractivity contribution < 1.29 is 19.7 Å². The summed E-state index contributed by atoms with van der Waals surface area (Å²) in [6, 6.07) is 0. The van der Waals surface area contributed by atoms with Gasteiger partial charge in [0.1, 0.15) is 6.10 Å². The molecule has 0 aromatic heterocycles. The summed E-state index contributed by atoms with van der Waals surface area (Å²) in [6.07, 6.45) is 1.66. The maximum Gasteiger partial charge on any atom is 0.303 e. The number of rotatable bonds is 5. The van der Waals surface area contributed by atoms with Crippen LogP contribution < -0.4 is 0 Å². The molecule has 0 bridgehead atoms. The van der Waals surface area contributed by atoms with Crippen molar-refractivity contribution in [3.05, 3.63) is 0 Å². The van der Waals surface area contributed by atoms with E-state index < -0.39 is 5.97 Å². The van der Waals surface area contributed by atoms with Crippen molar-refractivity contribution in [2.24, 2.45) is 0 Å². The highest BCUT2D eigenvalue weighted by atomic mass is 16.6. The first-order valence-electron chi connectivity index (χ1n) is 3.72. The molecule has 64 valence electrons. The Morgan fingerprint density at radius 3 is 2.64 bits per heavy atom. The van der Waals surface area contributed by atoms with E-state index in [0.29, 0.717) is 6.42 Å². The minimum absolute atomic E-state index is 0.0243. The van der Waals surface area contributed by atoms with Crippen LogP contribution in [0.1, 0.15) is 19.3 Å². The summed E-state index contributed by atoms with van der Waals surface area (Å²) in [4.78, 5) is 10.1. The minimum atomic E-state index is -0.772. The predicted octanol–water partition coefficient (Wildman–Crippen LogP) is 0.001000. The van der Waals surface area contributed by atoms with Gasteiger partial charge < -0.3 is 14.9 Å². The second kappa shape index (κ2) is 3.69. The molecule has 1 aliphatic heterocycles. The molecule has 1 aliphatic rings. The first-order chi connectivity index (χ1) is 5.24. The highest BCUT2D eigenvalue weighted by Gasteiger charge is 2.37. The number of aliphatic carboxylic acids is 1. The van der Waals surface area contributed by atoms with Gasteiger partial charge in [-0.05, 0) is 12.8 Å². The third kappa shape index (κ3) is 2.86. The van der Waals surface area contributed by atoms with Crippen LogP contribution in [0.15, 0.2) is 0 Å². The zero-order valence-corrected chi connectivity index (χ0v) is 6.19. The number of carbonyl (C=O) groups is 1. The molecule has 11 heavy (non-hydrogen) atoms. The fourth-order valence-electron chi connectivity index (χ4n) is 1.05. The molecule has 0 aromatic rings. The standard InChI is InChI=1S/C7H12O4/c8-4-6-5(11-6)2-1-3-7(9)10/h5-6,8H,1-4H2,(H,9,10). The van der Waals surface area contributed by atoms with Crippen molar-refractivity contribution >= 4 is 5.97 Å². The Balaban J connectivity index is 1.93. The number of carboxylic acid groups (broad SMARTS) is 1. The van der Waals surface area contributed by atoms with Crippen LogP contribution in [0.5, 0.6) is 0 Å². The monoisotopic (exact) mass is 160 g/mol. The highest BCUT2D eigenvalue weighted by molar-refractivity contribution is 5.66. The number of aliphatic hydroxyl groups is 1. The predicted molar refractivity (Wildman–Crippen MR) is 37.2 cm³/mol. The molecule has 2 unspecified atom stereocenters. The smallest absolute Gasteiger partial charge is 0.303 e. The maximum absolute atomic E-state index is 10.1. The van der Waals surface area contributed by atoms with Crippen molar-refractivity contribution in [2.75, 3.05) is 6.61 Å². The Bertz CT molecular complexity index is 145. The number of carboxylic acids is 1. The van der Waals surface area contributed by atoms with Gasteiger partial charge in [-0.1, -0.05) is 0 Å². The van der Waals surface area contributed by atoms with Gasteiger partial charge in [0.05, 0.1) is 12.7 Å². The zero-order valence-electron chi connectivity index (χ0n) is 6.19. The number of aliphatic hydroxyl groups excluding tert-OH is 1. The quantitative estimate of drug-likeness (QED) is 0.555. The van der Waals surface area contributed by atoms with Gasteiger partial charge in [0.15, 0.2) is 0 Å². The first kappa shape index (κ1) is 8.49. The van der Waals surface area contributed by atoms with Crippen LogP contribution in [0, 0.1) is 0 Å². The molecule has 2 N–H and O–H groups in total. The maximum atomic E-state index is 10.1. The van der Waals surface area contributed by atoms with E-state index in [1.807, 2.05) is 0 Å². The molecule has 0 radical (unpaired) electrons. The number of ether oxygens (including phenoxy) is 1. The average Bonchev–Trinajstić information content (AvgIpc) is 2.66. The SMILES string of the molecule is O=C(O)CCCC1OC1CO. The molecule has 4 nitrogen and oxygen atoms in total. The molecule has 0 spiro atoms. The lowest BCUT2D eigenvalue weighted by atomic mass is 10.1. The van der Waals surface area contributed by atoms with Crippen molar-refractivity contribution in [1.82, 2.24) is 0 Å². The second-order valence-corrected chi connectivity index (χ2v) is 2.68. The molecule has 0 aromatic carbocycles. The summed E-state index contributed by atoms with van der Waals surface area (Å²) in [5, 5.41) is 16.8. The summed E-state index contributed by atoms with van der Waals surface area (Å²) in [5.74, 6) is -0.772. The Morgan fingerprint density at radius 2 is 2.18 bits per heavy atom. The lowest BCUT2D eigenvalue weighted by Crippen LogP contribution is -2.00. The topological polar surface area (TPSA) is 70.1 Å². The Kier molecular flexibility index (Phi) is 2.84. The molecule has 0 amide bonds. The van der Waals surface area contributed by atoms with Gasteiger partial charge in [0.2, 0.25) is 0 Å². The van der Waals surface area contributed by atoms with E-state index >= 15 is 0 Å². The summed E-state index contributed by atoms with van der Waals surface area (Å²) < 4.78 is 5.01. The van der Waals surface area contributed by atoms with Gasteiger partial charge in [0.25, 0.3) is 0 Å². The van der Waals surface area contributed by atoms with E-state index in [1.54, 1.807) is 0 Å². The molecular weight excluding hydrogens is 148 g/mol. The molecule has 1 heterocycles. The Morgan fingerprint density at radius 1 is 1.45 bits per heavy atom. The third-order valence-corrected chi connectivity index (χ3v) is 1.75. The molecule has 0 aliphatic carbocycles.